The van der Waals surface area contributed by atoms with E-state index in [1.54, 1.807) is 13.2 Å². The van der Waals surface area contributed by atoms with Gasteiger partial charge in [0.15, 0.2) is 5.82 Å². The molecule has 3 aromatic rings. The van der Waals surface area contributed by atoms with Crippen molar-refractivity contribution in [1.29, 1.82) is 0 Å². The van der Waals surface area contributed by atoms with Crippen LogP contribution in [0.1, 0.15) is 0 Å². The lowest BCUT2D eigenvalue weighted by atomic mass is 10.1. The highest BCUT2D eigenvalue weighted by atomic mass is 35.5. The summed E-state index contributed by atoms with van der Waals surface area (Å²) in [6.07, 6.45) is 1.57. The van der Waals surface area contributed by atoms with Crippen molar-refractivity contribution < 1.29 is 0 Å². The second-order valence-corrected chi connectivity index (χ2v) is 4.73. The van der Waals surface area contributed by atoms with Crippen molar-refractivity contribution >= 4 is 39.8 Å². The molecule has 5 heteroatoms. The normalized spacial score (nSPS) is 10.5. The van der Waals surface area contributed by atoms with Crippen molar-refractivity contribution in [2.75, 3.05) is 17.7 Å². The largest absolute Gasteiger partial charge is 0.357 e. The van der Waals surface area contributed by atoms with Gasteiger partial charge in [0, 0.05) is 12.7 Å². The van der Waals surface area contributed by atoms with E-state index >= 15 is 0 Å². The molecule has 0 aliphatic heterocycles. The number of anilines is 3. The van der Waals surface area contributed by atoms with Gasteiger partial charge in [0.2, 0.25) is 5.95 Å². The van der Waals surface area contributed by atoms with E-state index in [9.17, 15) is 0 Å². The molecule has 3 rings (SSSR count). The fraction of sp³-hybridized carbons (Fsp3) is 0.0667. The van der Waals surface area contributed by atoms with Crippen LogP contribution in [-0.2, 0) is 0 Å². The minimum Gasteiger partial charge on any atom is -0.357 e. The highest BCUT2D eigenvalue weighted by Crippen LogP contribution is 2.26. The van der Waals surface area contributed by atoms with Gasteiger partial charge in [-0.2, -0.15) is 4.98 Å². The molecule has 0 atom stereocenters. The maximum atomic E-state index is 6.11. The van der Waals surface area contributed by atoms with Crippen molar-refractivity contribution in [1.82, 2.24) is 9.97 Å². The van der Waals surface area contributed by atoms with Crippen LogP contribution in [0.3, 0.4) is 0 Å². The van der Waals surface area contributed by atoms with E-state index in [-0.39, 0.29) is 0 Å². The lowest BCUT2D eigenvalue weighted by Crippen LogP contribution is -2.00. The lowest BCUT2D eigenvalue weighted by molar-refractivity contribution is 1.15. The molecule has 0 saturated heterocycles. The predicted octanol–water partition coefficient (Wildman–Crippen LogP) is 4.07. The van der Waals surface area contributed by atoms with Gasteiger partial charge in [0.1, 0.15) is 5.02 Å². The molecule has 0 spiro atoms. The van der Waals surface area contributed by atoms with Crippen molar-refractivity contribution in [3.8, 4) is 0 Å². The molecule has 1 heterocycles. The molecular weight excluding hydrogens is 272 g/mol. The van der Waals surface area contributed by atoms with Crippen LogP contribution in [0.25, 0.3) is 10.8 Å². The van der Waals surface area contributed by atoms with Crippen LogP contribution in [-0.4, -0.2) is 17.0 Å². The molecule has 0 aliphatic carbocycles. The van der Waals surface area contributed by atoms with Crippen LogP contribution < -0.4 is 10.6 Å². The van der Waals surface area contributed by atoms with Gasteiger partial charge in [-0.05, 0) is 22.9 Å². The Bertz CT molecular complexity index is 758. The molecule has 1 aromatic heterocycles. The van der Waals surface area contributed by atoms with E-state index in [1.165, 1.54) is 5.39 Å². The lowest BCUT2D eigenvalue weighted by Gasteiger charge is -2.09. The Balaban J connectivity index is 1.96. The third-order valence-corrected chi connectivity index (χ3v) is 3.26. The molecule has 0 fully saturated rings. The first-order valence-electron chi connectivity index (χ1n) is 6.22. The zero-order chi connectivity index (χ0) is 13.9. The highest BCUT2D eigenvalue weighted by Gasteiger charge is 2.05. The van der Waals surface area contributed by atoms with Crippen molar-refractivity contribution in [2.45, 2.75) is 0 Å². The molecule has 2 aromatic carbocycles. The number of rotatable bonds is 3. The van der Waals surface area contributed by atoms with Crippen LogP contribution in [0.15, 0.2) is 48.7 Å². The topological polar surface area (TPSA) is 49.8 Å². The number of fused-ring (bicyclic) bond motifs is 1. The maximum absolute atomic E-state index is 6.11. The molecule has 2 N–H and O–H groups in total. The Morgan fingerprint density at radius 2 is 1.85 bits per heavy atom. The Morgan fingerprint density at radius 1 is 1.05 bits per heavy atom. The van der Waals surface area contributed by atoms with Crippen molar-refractivity contribution in [2.24, 2.45) is 0 Å². The van der Waals surface area contributed by atoms with Crippen LogP contribution in [0.4, 0.5) is 17.5 Å². The van der Waals surface area contributed by atoms with Gasteiger partial charge < -0.3 is 10.6 Å². The highest BCUT2D eigenvalue weighted by molar-refractivity contribution is 6.32. The van der Waals surface area contributed by atoms with Crippen LogP contribution in [0.5, 0.6) is 0 Å². The zero-order valence-corrected chi connectivity index (χ0v) is 11.6. The van der Waals surface area contributed by atoms with Gasteiger partial charge in [-0.3, -0.25) is 0 Å². The summed E-state index contributed by atoms with van der Waals surface area (Å²) in [6, 6.07) is 14.3. The number of benzene rings is 2. The summed E-state index contributed by atoms with van der Waals surface area (Å²) < 4.78 is 0. The third kappa shape index (κ3) is 2.51. The third-order valence-electron chi connectivity index (χ3n) is 2.98. The molecule has 0 amide bonds. The molecule has 0 saturated carbocycles. The molecule has 0 radical (unpaired) electrons. The molecule has 4 nitrogen and oxygen atoms in total. The summed E-state index contributed by atoms with van der Waals surface area (Å²) in [5.74, 6) is 1.11. The van der Waals surface area contributed by atoms with E-state index in [2.05, 4.69) is 44.9 Å². The summed E-state index contributed by atoms with van der Waals surface area (Å²) in [6.45, 7) is 0. The quantitative estimate of drug-likeness (QED) is 0.761. The van der Waals surface area contributed by atoms with E-state index in [0.717, 1.165) is 11.1 Å². The summed E-state index contributed by atoms with van der Waals surface area (Å²) >= 11 is 6.11. The van der Waals surface area contributed by atoms with E-state index < -0.39 is 0 Å². The molecule has 100 valence electrons. The Hall–Kier alpha value is -2.33. The van der Waals surface area contributed by atoms with E-state index in [0.29, 0.717) is 16.8 Å². The average Bonchev–Trinajstić information content (AvgIpc) is 2.49. The smallest absolute Gasteiger partial charge is 0.224 e. The molecule has 0 bridgehead atoms. The minimum atomic E-state index is 0.483. The van der Waals surface area contributed by atoms with Gasteiger partial charge in [-0.15, -0.1) is 0 Å². The second kappa shape index (κ2) is 5.35. The average molecular weight is 285 g/mol. The summed E-state index contributed by atoms with van der Waals surface area (Å²) in [5, 5.41) is 8.95. The van der Waals surface area contributed by atoms with Crippen LogP contribution in [0, 0.1) is 0 Å². The van der Waals surface area contributed by atoms with E-state index in [4.69, 9.17) is 11.6 Å². The first-order chi connectivity index (χ1) is 9.76. The number of halogens is 1. The van der Waals surface area contributed by atoms with Gasteiger partial charge in [-0.1, -0.05) is 41.9 Å². The number of nitrogens with one attached hydrogen (secondary N) is 2. The van der Waals surface area contributed by atoms with Crippen molar-refractivity contribution in [3.05, 3.63) is 53.7 Å². The fourth-order valence-corrected chi connectivity index (χ4v) is 2.12. The molecule has 0 unspecified atom stereocenters. The predicted molar refractivity (Wildman–Crippen MR) is 83.8 cm³/mol. The number of aromatic nitrogens is 2. The van der Waals surface area contributed by atoms with Gasteiger partial charge in [0.05, 0.1) is 6.20 Å². The Kier molecular flexibility index (Phi) is 3.39. The maximum Gasteiger partial charge on any atom is 0.224 e. The number of nitrogens with zero attached hydrogens (tertiary/aromatic N) is 2. The standard InChI is InChI=1S/C15H13ClN4/c1-17-15-18-9-13(16)14(20-15)19-12-7-6-10-4-2-3-5-11(10)8-12/h2-9H,1H3,(H2,17,18,19,20). The monoisotopic (exact) mass is 284 g/mol. The SMILES string of the molecule is CNc1ncc(Cl)c(Nc2ccc3ccccc3c2)n1. The van der Waals surface area contributed by atoms with Gasteiger partial charge in [-0.25, -0.2) is 4.98 Å². The summed E-state index contributed by atoms with van der Waals surface area (Å²) in [7, 11) is 1.77. The van der Waals surface area contributed by atoms with Gasteiger partial charge >= 0.3 is 0 Å². The second-order valence-electron chi connectivity index (χ2n) is 4.33. The molecule has 0 aliphatic rings. The van der Waals surface area contributed by atoms with Crippen molar-refractivity contribution in [3.63, 3.8) is 0 Å². The Labute approximate surface area is 121 Å². The first kappa shape index (κ1) is 12.7. The fourth-order valence-electron chi connectivity index (χ4n) is 1.98. The van der Waals surface area contributed by atoms with E-state index in [1.807, 2.05) is 18.2 Å². The summed E-state index contributed by atoms with van der Waals surface area (Å²) in [4.78, 5) is 8.36. The molecule has 20 heavy (non-hydrogen) atoms. The van der Waals surface area contributed by atoms with Crippen LogP contribution in [0.2, 0.25) is 5.02 Å². The number of hydrogen-bond donors (Lipinski definition) is 2. The van der Waals surface area contributed by atoms with Crippen LogP contribution >= 0.6 is 11.6 Å². The number of hydrogen-bond acceptors (Lipinski definition) is 4. The summed E-state index contributed by atoms with van der Waals surface area (Å²) in [5.41, 5.74) is 0.936. The molecular formula is C15H13ClN4. The zero-order valence-electron chi connectivity index (χ0n) is 10.9. The first-order valence-corrected chi connectivity index (χ1v) is 6.60. The Morgan fingerprint density at radius 3 is 2.65 bits per heavy atom. The van der Waals surface area contributed by atoms with Gasteiger partial charge in [0.25, 0.3) is 0 Å². The minimum absolute atomic E-state index is 0.483.